The van der Waals surface area contributed by atoms with Crippen LogP contribution in [0.1, 0.15) is 36.0 Å². The van der Waals surface area contributed by atoms with E-state index < -0.39 is 5.97 Å². The number of rotatable bonds is 2. The fourth-order valence-electron chi connectivity index (χ4n) is 2.12. The van der Waals surface area contributed by atoms with Gasteiger partial charge in [0, 0.05) is 23.8 Å². The Morgan fingerprint density at radius 1 is 1.29 bits per heavy atom. The van der Waals surface area contributed by atoms with Crippen LogP contribution >= 0.6 is 15.9 Å². The van der Waals surface area contributed by atoms with Crippen molar-refractivity contribution in [2.45, 2.75) is 25.7 Å². The van der Waals surface area contributed by atoms with Gasteiger partial charge in [0.15, 0.2) is 0 Å². The zero-order valence-electron chi connectivity index (χ0n) is 9.53. The smallest absolute Gasteiger partial charge is 0.339 e. The van der Waals surface area contributed by atoms with Crippen molar-refractivity contribution in [2.24, 2.45) is 0 Å². The first-order chi connectivity index (χ1) is 8.18. The molecule has 0 spiro atoms. The number of halogens is 1. The predicted octanol–water partition coefficient (Wildman–Crippen LogP) is 2.92. The minimum Gasteiger partial charge on any atom is -0.478 e. The zero-order valence-corrected chi connectivity index (χ0v) is 11.1. The number of nitrogens with zero attached hydrogens (tertiary/aromatic N) is 2. The molecule has 17 heavy (non-hydrogen) atoms. The summed E-state index contributed by atoms with van der Waals surface area (Å²) in [4.78, 5) is 17.6. The van der Waals surface area contributed by atoms with Crippen molar-refractivity contribution in [3.8, 4) is 0 Å². The van der Waals surface area contributed by atoms with Gasteiger partial charge in [-0.3, -0.25) is 0 Å². The molecule has 1 fully saturated rings. The number of anilines is 1. The van der Waals surface area contributed by atoms with Crippen LogP contribution in [0.25, 0.3) is 0 Å². The second-order valence-electron chi connectivity index (χ2n) is 4.23. The number of carboxylic acid groups (broad SMARTS) is 1. The largest absolute Gasteiger partial charge is 0.478 e. The Kier molecular flexibility index (Phi) is 3.99. The average Bonchev–Trinajstić information content (AvgIpc) is 2.57. The molecule has 0 aliphatic carbocycles. The Bertz CT molecular complexity index is 415. The van der Waals surface area contributed by atoms with E-state index in [9.17, 15) is 9.90 Å². The third-order valence-electron chi connectivity index (χ3n) is 2.97. The number of carbonyl (C=O) groups is 1. The first-order valence-corrected chi connectivity index (χ1v) is 6.61. The van der Waals surface area contributed by atoms with E-state index in [0.29, 0.717) is 10.3 Å². The quantitative estimate of drug-likeness (QED) is 0.912. The second-order valence-corrected chi connectivity index (χ2v) is 5.15. The topological polar surface area (TPSA) is 53.4 Å². The van der Waals surface area contributed by atoms with Gasteiger partial charge in [-0.1, -0.05) is 12.8 Å². The van der Waals surface area contributed by atoms with Crippen molar-refractivity contribution in [1.82, 2.24) is 4.98 Å². The van der Waals surface area contributed by atoms with Crippen LogP contribution in [0.2, 0.25) is 0 Å². The lowest BCUT2D eigenvalue weighted by Gasteiger charge is -2.22. The summed E-state index contributed by atoms with van der Waals surface area (Å²) in [6, 6.07) is 1.62. The summed E-state index contributed by atoms with van der Waals surface area (Å²) < 4.78 is 0.702. The van der Waals surface area contributed by atoms with Crippen molar-refractivity contribution in [3.05, 3.63) is 22.3 Å². The molecule has 0 radical (unpaired) electrons. The zero-order chi connectivity index (χ0) is 12.3. The van der Waals surface area contributed by atoms with Crippen LogP contribution in [0, 0.1) is 0 Å². The van der Waals surface area contributed by atoms with E-state index in [1.165, 1.54) is 12.8 Å². The van der Waals surface area contributed by atoms with Gasteiger partial charge in [0.25, 0.3) is 0 Å². The highest BCUT2D eigenvalue weighted by atomic mass is 79.9. The summed E-state index contributed by atoms with van der Waals surface area (Å²) in [7, 11) is 0. The Morgan fingerprint density at radius 2 is 1.94 bits per heavy atom. The van der Waals surface area contributed by atoms with Gasteiger partial charge in [-0.05, 0) is 34.8 Å². The molecule has 4 nitrogen and oxygen atoms in total. The fraction of sp³-hybridized carbons (Fsp3) is 0.500. The molecule has 2 rings (SSSR count). The highest BCUT2D eigenvalue weighted by Crippen LogP contribution is 2.24. The van der Waals surface area contributed by atoms with Gasteiger partial charge < -0.3 is 10.0 Å². The van der Waals surface area contributed by atoms with Crippen LogP contribution in [-0.2, 0) is 0 Å². The normalized spacial score (nSPS) is 16.6. The molecule has 0 saturated carbocycles. The van der Waals surface area contributed by atoms with Crippen LogP contribution in [0.3, 0.4) is 0 Å². The van der Waals surface area contributed by atoms with Gasteiger partial charge in [0.1, 0.15) is 11.4 Å². The Labute approximate surface area is 109 Å². The molecule has 0 aromatic carbocycles. The molecule has 1 saturated heterocycles. The van der Waals surface area contributed by atoms with E-state index in [-0.39, 0.29) is 5.56 Å². The molecule has 92 valence electrons. The van der Waals surface area contributed by atoms with E-state index in [0.717, 1.165) is 25.9 Å². The molecule has 1 aromatic heterocycles. The van der Waals surface area contributed by atoms with E-state index in [2.05, 4.69) is 25.8 Å². The monoisotopic (exact) mass is 298 g/mol. The Balaban J connectivity index is 2.32. The molecule has 1 N–H and O–H groups in total. The van der Waals surface area contributed by atoms with Crippen molar-refractivity contribution in [3.63, 3.8) is 0 Å². The fourth-order valence-corrected chi connectivity index (χ4v) is 2.46. The van der Waals surface area contributed by atoms with E-state index >= 15 is 0 Å². The van der Waals surface area contributed by atoms with Crippen LogP contribution < -0.4 is 4.90 Å². The molecule has 0 atom stereocenters. The predicted molar refractivity (Wildman–Crippen MR) is 69.6 cm³/mol. The number of hydrogen-bond acceptors (Lipinski definition) is 3. The van der Waals surface area contributed by atoms with Gasteiger partial charge >= 0.3 is 5.97 Å². The number of aromatic nitrogens is 1. The summed E-state index contributed by atoms with van der Waals surface area (Å²) >= 11 is 3.26. The molecule has 0 unspecified atom stereocenters. The van der Waals surface area contributed by atoms with Crippen LogP contribution in [-0.4, -0.2) is 29.1 Å². The summed E-state index contributed by atoms with van der Waals surface area (Å²) in [6.45, 7) is 1.80. The lowest BCUT2D eigenvalue weighted by molar-refractivity contribution is 0.0697. The SMILES string of the molecule is O=C(O)c1cc(Br)cnc1N1CCCCCC1. The maximum atomic E-state index is 11.2. The lowest BCUT2D eigenvalue weighted by atomic mass is 10.2. The van der Waals surface area contributed by atoms with Gasteiger partial charge in [0.2, 0.25) is 0 Å². The second kappa shape index (κ2) is 5.49. The molecule has 2 heterocycles. The lowest BCUT2D eigenvalue weighted by Crippen LogP contribution is -2.27. The highest BCUT2D eigenvalue weighted by molar-refractivity contribution is 9.10. The Hall–Kier alpha value is -1.10. The van der Waals surface area contributed by atoms with Crippen LogP contribution in [0.5, 0.6) is 0 Å². The number of aromatic carboxylic acids is 1. The molecule has 5 heteroatoms. The third-order valence-corrected chi connectivity index (χ3v) is 3.40. The molecule has 1 aliphatic rings. The molecular weight excluding hydrogens is 284 g/mol. The average molecular weight is 299 g/mol. The minimum atomic E-state index is -0.918. The molecule has 0 amide bonds. The number of pyridine rings is 1. The van der Waals surface area contributed by atoms with Crippen molar-refractivity contribution >= 4 is 27.7 Å². The number of hydrogen-bond donors (Lipinski definition) is 1. The van der Waals surface area contributed by atoms with Gasteiger partial charge in [-0.2, -0.15) is 0 Å². The van der Waals surface area contributed by atoms with Crippen molar-refractivity contribution < 1.29 is 9.90 Å². The Morgan fingerprint density at radius 3 is 2.53 bits per heavy atom. The molecule has 1 aromatic rings. The van der Waals surface area contributed by atoms with E-state index in [1.807, 2.05) is 0 Å². The first kappa shape index (κ1) is 12.4. The van der Waals surface area contributed by atoms with Crippen LogP contribution in [0.4, 0.5) is 5.82 Å². The maximum Gasteiger partial charge on any atom is 0.339 e. The third kappa shape index (κ3) is 2.97. The maximum absolute atomic E-state index is 11.2. The van der Waals surface area contributed by atoms with Gasteiger partial charge in [0.05, 0.1) is 0 Å². The summed E-state index contributed by atoms with van der Waals surface area (Å²) in [5, 5.41) is 9.20. The molecule has 1 aliphatic heterocycles. The van der Waals surface area contributed by atoms with Gasteiger partial charge in [-0.15, -0.1) is 0 Å². The van der Waals surface area contributed by atoms with E-state index in [4.69, 9.17) is 0 Å². The van der Waals surface area contributed by atoms with Gasteiger partial charge in [-0.25, -0.2) is 9.78 Å². The molecular formula is C12H15BrN2O2. The van der Waals surface area contributed by atoms with Crippen LogP contribution in [0.15, 0.2) is 16.7 Å². The summed E-state index contributed by atoms with van der Waals surface area (Å²) in [5.74, 6) is -0.319. The summed E-state index contributed by atoms with van der Waals surface area (Å²) in [5.41, 5.74) is 0.279. The highest BCUT2D eigenvalue weighted by Gasteiger charge is 2.19. The molecule has 0 bridgehead atoms. The first-order valence-electron chi connectivity index (χ1n) is 5.82. The number of carboxylic acids is 1. The summed E-state index contributed by atoms with van der Waals surface area (Å²) in [6.07, 6.45) is 6.31. The van der Waals surface area contributed by atoms with Crippen molar-refractivity contribution in [1.29, 1.82) is 0 Å². The van der Waals surface area contributed by atoms with E-state index in [1.54, 1.807) is 12.3 Å². The minimum absolute atomic E-state index is 0.279. The van der Waals surface area contributed by atoms with Crippen molar-refractivity contribution in [2.75, 3.05) is 18.0 Å². The standard InChI is InChI=1S/C12H15BrN2O2/c13-9-7-10(12(16)17)11(14-8-9)15-5-3-1-2-4-6-15/h7-8H,1-6H2,(H,16,17).